The number of pyridine rings is 1. The summed E-state index contributed by atoms with van der Waals surface area (Å²) >= 11 is 0. The standard InChI is InChI=1S/C20H25N3O2/c1-13(2)22(5)19-10-9-17(12-21-19)20(25)23(6)18-11-16(15(4)24)8-7-14(18)3/h7-13H,1-6H3. The van der Waals surface area contributed by atoms with Crippen LogP contribution in [-0.4, -0.2) is 36.8 Å². The predicted molar refractivity (Wildman–Crippen MR) is 102 cm³/mol. The van der Waals surface area contributed by atoms with E-state index >= 15 is 0 Å². The van der Waals surface area contributed by atoms with Gasteiger partial charge >= 0.3 is 0 Å². The summed E-state index contributed by atoms with van der Waals surface area (Å²) in [6.07, 6.45) is 1.59. The number of hydrogen-bond donors (Lipinski definition) is 0. The van der Waals surface area contributed by atoms with Crippen molar-refractivity contribution in [2.45, 2.75) is 33.7 Å². The summed E-state index contributed by atoms with van der Waals surface area (Å²) in [7, 11) is 3.68. The number of Topliss-reactive ketones (excluding diaryl/α,β-unsaturated/α-hetero) is 1. The maximum atomic E-state index is 12.8. The van der Waals surface area contributed by atoms with Crippen LogP contribution >= 0.6 is 0 Å². The van der Waals surface area contributed by atoms with Gasteiger partial charge in [0.1, 0.15) is 5.82 Å². The van der Waals surface area contributed by atoms with E-state index in [0.717, 1.165) is 17.1 Å². The molecule has 0 unspecified atom stereocenters. The molecular weight excluding hydrogens is 314 g/mol. The van der Waals surface area contributed by atoms with E-state index in [1.807, 2.05) is 31.0 Å². The maximum Gasteiger partial charge on any atom is 0.259 e. The van der Waals surface area contributed by atoms with Crippen molar-refractivity contribution in [1.29, 1.82) is 0 Å². The Morgan fingerprint density at radius 1 is 1.04 bits per heavy atom. The van der Waals surface area contributed by atoms with Crippen LogP contribution in [0.2, 0.25) is 0 Å². The number of nitrogens with zero attached hydrogens (tertiary/aromatic N) is 3. The summed E-state index contributed by atoms with van der Waals surface area (Å²) < 4.78 is 0. The molecule has 0 aliphatic rings. The lowest BCUT2D eigenvalue weighted by Crippen LogP contribution is -2.28. The van der Waals surface area contributed by atoms with Gasteiger partial charge in [-0.25, -0.2) is 4.98 Å². The van der Waals surface area contributed by atoms with Crippen LogP contribution in [0.4, 0.5) is 11.5 Å². The Bertz CT molecular complexity index is 782. The second kappa shape index (κ2) is 7.47. The SMILES string of the molecule is CC(=O)c1ccc(C)c(N(C)C(=O)c2ccc(N(C)C(C)C)nc2)c1. The van der Waals surface area contributed by atoms with Gasteiger partial charge in [-0.15, -0.1) is 0 Å². The van der Waals surface area contributed by atoms with Crippen LogP contribution in [0.15, 0.2) is 36.5 Å². The van der Waals surface area contributed by atoms with Gasteiger partial charge in [0.25, 0.3) is 5.91 Å². The molecule has 0 aliphatic heterocycles. The molecule has 0 saturated heterocycles. The molecule has 0 bridgehead atoms. The molecule has 1 heterocycles. The minimum atomic E-state index is -0.157. The summed E-state index contributed by atoms with van der Waals surface area (Å²) in [6.45, 7) is 7.60. The van der Waals surface area contributed by atoms with Crippen molar-refractivity contribution >= 4 is 23.2 Å². The monoisotopic (exact) mass is 339 g/mol. The van der Waals surface area contributed by atoms with Gasteiger partial charge in [-0.2, -0.15) is 0 Å². The summed E-state index contributed by atoms with van der Waals surface area (Å²) in [4.78, 5) is 32.4. The molecule has 1 amide bonds. The number of amides is 1. The number of aromatic nitrogens is 1. The van der Waals surface area contributed by atoms with Crippen molar-refractivity contribution in [3.05, 3.63) is 53.2 Å². The van der Waals surface area contributed by atoms with Crippen molar-refractivity contribution < 1.29 is 9.59 Å². The van der Waals surface area contributed by atoms with Crippen molar-refractivity contribution in [3.63, 3.8) is 0 Å². The molecule has 5 heteroatoms. The summed E-state index contributed by atoms with van der Waals surface area (Å²) in [5.41, 5.74) is 2.76. The zero-order chi connectivity index (χ0) is 18.7. The molecule has 0 saturated carbocycles. The fourth-order valence-electron chi connectivity index (χ4n) is 2.48. The second-order valence-electron chi connectivity index (χ2n) is 6.53. The topological polar surface area (TPSA) is 53.5 Å². The highest BCUT2D eigenvalue weighted by Crippen LogP contribution is 2.23. The molecule has 0 atom stereocenters. The number of carbonyl (C=O) groups excluding carboxylic acids is 2. The molecule has 2 aromatic rings. The van der Waals surface area contributed by atoms with Crippen LogP contribution in [0.1, 0.15) is 47.1 Å². The summed E-state index contributed by atoms with van der Waals surface area (Å²) in [6, 6.07) is 9.34. The van der Waals surface area contributed by atoms with Crippen molar-refractivity contribution in [1.82, 2.24) is 4.98 Å². The largest absolute Gasteiger partial charge is 0.357 e. The number of benzene rings is 1. The Labute approximate surface area is 149 Å². The van der Waals surface area contributed by atoms with E-state index in [-0.39, 0.29) is 11.7 Å². The molecular formula is C20H25N3O2. The molecule has 1 aromatic carbocycles. The Morgan fingerprint density at radius 3 is 2.20 bits per heavy atom. The first-order valence-corrected chi connectivity index (χ1v) is 8.31. The quantitative estimate of drug-likeness (QED) is 0.779. The van der Waals surface area contributed by atoms with Gasteiger partial charge in [0.05, 0.1) is 5.56 Å². The van der Waals surface area contributed by atoms with Crippen molar-refractivity contribution in [2.75, 3.05) is 23.9 Å². The molecule has 132 valence electrons. The lowest BCUT2D eigenvalue weighted by Gasteiger charge is -2.23. The van der Waals surface area contributed by atoms with Crippen LogP contribution in [-0.2, 0) is 0 Å². The van der Waals surface area contributed by atoms with Crippen molar-refractivity contribution in [2.24, 2.45) is 0 Å². The highest BCUT2D eigenvalue weighted by molar-refractivity contribution is 6.06. The van der Waals surface area contributed by atoms with Gasteiger partial charge in [0.15, 0.2) is 5.78 Å². The third-order valence-corrected chi connectivity index (χ3v) is 4.41. The zero-order valence-corrected chi connectivity index (χ0v) is 15.7. The number of anilines is 2. The Kier molecular flexibility index (Phi) is 5.57. The Hall–Kier alpha value is -2.69. The first-order valence-electron chi connectivity index (χ1n) is 8.31. The Balaban J connectivity index is 2.28. The fourth-order valence-corrected chi connectivity index (χ4v) is 2.48. The second-order valence-corrected chi connectivity index (χ2v) is 6.53. The number of rotatable bonds is 5. The number of aryl methyl sites for hydroxylation is 1. The van der Waals surface area contributed by atoms with Crippen LogP contribution in [0.3, 0.4) is 0 Å². The van der Waals surface area contributed by atoms with Gasteiger partial charge in [-0.1, -0.05) is 12.1 Å². The van der Waals surface area contributed by atoms with Gasteiger partial charge in [-0.3, -0.25) is 9.59 Å². The molecule has 2 rings (SSSR count). The van der Waals surface area contributed by atoms with Crippen molar-refractivity contribution in [3.8, 4) is 0 Å². The lowest BCUT2D eigenvalue weighted by atomic mass is 10.1. The van der Waals surface area contributed by atoms with Crippen LogP contribution < -0.4 is 9.80 Å². The highest BCUT2D eigenvalue weighted by Gasteiger charge is 2.17. The fraction of sp³-hybridized carbons (Fsp3) is 0.350. The number of carbonyl (C=O) groups is 2. The Morgan fingerprint density at radius 2 is 1.68 bits per heavy atom. The molecule has 0 aliphatic carbocycles. The van der Waals surface area contributed by atoms with Crippen LogP contribution in [0.25, 0.3) is 0 Å². The van der Waals surface area contributed by atoms with E-state index in [4.69, 9.17) is 0 Å². The van der Waals surface area contributed by atoms with E-state index in [0.29, 0.717) is 17.2 Å². The predicted octanol–water partition coefficient (Wildman–Crippen LogP) is 3.71. The molecule has 0 radical (unpaired) electrons. The average Bonchev–Trinajstić information content (AvgIpc) is 2.60. The number of hydrogen-bond acceptors (Lipinski definition) is 4. The van der Waals surface area contributed by atoms with E-state index in [1.54, 1.807) is 36.3 Å². The minimum absolute atomic E-state index is 0.0233. The zero-order valence-electron chi connectivity index (χ0n) is 15.7. The summed E-state index contributed by atoms with van der Waals surface area (Å²) in [5, 5.41) is 0. The molecule has 0 N–H and O–H groups in total. The smallest absolute Gasteiger partial charge is 0.259 e. The maximum absolute atomic E-state index is 12.8. The van der Waals surface area contributed by atoms with E-state index in [9.17, 15) is 9.59 Å². The van der Waals surface area contributed by atoms with Gasteiger partial charge in [-0.05, 0) is 51.5 Å². The van der Waals surface area contributed by atoms with Gasteiger partial charge < -0.3 is 9.80 Å². The van der Waals surface area contributed by atoms with E-state index < -0.39 is 0 Å². The lowest BCUT2D eigenvalue weighted by molar-refractivity contribution is 0.0988. The van der Waals surface area contributed by atoms with E-state index in [1.165, 1.54) is 6.92 Å². The minimum Gasteiger partial charge on any atom is -0.357 e. The first-order chi connectivity index (χ1) is 11.7. The molecule has 25 heavy (non-hydrogen) atoms. The third-order valence-electron chi connectivity index (χ3n) is 4.41. The van der Waals surface area contributed by atoms with Gasteiger partial charge in [0.2, 0.25) is 0 Å². The summed E-state index contributed by atoms with van der Waals surface area (Å²) in [5.74, 6) is 0.642. The highest BCUT2D eigenvalue weighted by atomic mass is 16.2. The third kappa shape index (κ3) is 4.05. The first kappa shape index (κ1) is 18.6. The molecule has 5 nitrogen and oxygen atoms in total. The van der Waals surface area contributed by atoms with Crippen LogP contribution in [0.5, 0.6) is 0 Å². The molecule has 0 spiro atoms. The van der Waals surface area contributed by atoms with Gasteiger partial charge in [0, 0.05) is 37.6 Å². The normalized spacial score (nSPS) is 10.7. The average molecular weight is 339 g/mol. The van der Waals surface area contributed by atoms with E-state index in [2.05, 4.69) is 18.8 Å². The molecule has 1 aromatic heterocycles. The number of ketones is 1. The molecule has 0 fully saturated rings. The van der Waals surface area contributed by atoms with Crippen LogP contribution in [0, 0.1) is 6.92 Å².